The molecular weight excluding hydrogens is 128 g/mol. The molecule has 0 spiro atoms. The lowest BCUT2D eigenvalue weighted by molar-refractivity contribution is 0.163. The van der Waals surface area contributed by atoms with Crippen molar-refractivity contribution in [3.63, 3.8) is 0 Å². The van der Waals surface area contributed by atoms with E-state index in [1.54, 1.807) is 0 Å². The molecule has 1 aliphatic heterocycles. The monoisotopic (exact) mass is 138 g/mol. The Labute approximate surface area is 60.3 Å². The van der Waals surface area contributed by atoms with Gasteiger partial charge in [0.15, 0.2) is 0 Å². The van der Waals surface area contributed by atoms with Gasteiger partial charge in [0.25, 0.3) is 0 Å². The molecule has 1 unspecified atom stereocenters. The molecule has 0 aliphatic carbocycles. The van der Waals surface area contributed by atoms with Crippen molar-refractivity contribution in [3.8, 4) is 6.07 Å². The maximum Gasteiger partial charge on any atom is 0.138 e. The van der Waals surface area contributed by atoms with Gasteiger partial charge in [-0.1, -0.05) is 19.0 Å². The average molecular weight is 138 g/mol. The van der Waals surface area contributed by atoms with Crippen LogP contribution in [-0.2, 0) is 4.84 Å². The summed E-state index contributed by atoms with van der Waals surface area (Å²) in [7, 11) is 0. The number of hydrogen-bond donors (Lipinski definition) is 0. The zero-order chi connectivity index (χ0) is 7.56. The Bertz CT molecular complexity index is 190. The van der Waals surface area contributed by atoms with Crippen molar-refractivity contribution in [2.75, 3.05) is 6.61 Å². The molecule has 54 valence electrons. The minimum atomic E-state index is -0.111. The van der Waals surface area contributed by atoms with E-state index in [4.69, 9.17) is 10.1 Å². The predicted octanol–water partition coefficient (Wildman–Crippen LogP) is 1.17. The molecule has 1 aliphatic rings. The summed E-state index contributed by atoms with van der Waals surface area (Å²) in [4.78, 5) is 4.79. The van der Waals surface area contributed by atoms with Crippen LogP contribution in [0.2, 0.25) is 0 Å². The van der Waals surface area contributed by atoms with Gasteiger partial charge in [-0.2, -0.15) is 5.26 Å². The zero-order valence-corrected chi connectivity index (χ0v) is 6.16. The van der Waals surface area contributed by atoms with E-state index in [0.29, 0.717) is 12.5 Å². The van der Waals surface area contributed by atoms with Gasteiger partial charge in [0.1, 0.15) is 12.5 Å². The highest BCUT2D eigenvalue weighted by atomic mass is 16.6. The Morgan fingerprint density at radius 3 is 2.90 bits per heavy atom. The highest BCUT2D eigenvalue weighted by molar-refractivity contribution is 5.90. The van der Waals surface area contributed by atoms with E-state index in [2.05, 4.69) is 11.2 Å². The number of rotatable bonds is 1. The van der Waals surface area contributed by atoms with Gasteiger partial charge in [0, 0.05) is 0 Å². The van der Waals surface area contributed by atoms with E-state index in [1.807, 2.05) is 13.8 Å². The lowest BCUT2D eigenvalue weighted by Crippen LogP contribution is -2.16. The van der Waals surface area contributed by atoms with Gasteiger partial charge in [-0.3, -0.25) is 0 Å². The minimum absolute atomic E-state index is 0.111. The molecule has 1 rings (SSSR count). The first-order valence-corrected chi connectivity index (χ1v) is 3.35. The van der Waals surface area contributed by atoms with Crippen molar-refractivity contribution in [1.82, 2.24) is 0 Å². The maximum absolute atomic E-state index is 8.57. The number of oxime groups is 1. The molecule has 0 bridgehead atoms. The largest absolute Gasteiger partial charge is 0.394 e. The lowest BCUT2D eigenvalue weighted by Gasteiger charge is -2.03. The summed E-state index contributed by atoms with van der Waals surface area (Å²) < 4.78 is 0. The summed E-state index contributed by atoms with van der Waals surface area (Å²) in [5.74, 6) is 0.215. The molecule has 0 aromatic rings. The predicted molar refractivity (Wildman–Crippen MR) is 37.3 cm³/mol. The molecule has 0 aromatic heterocycles. The average Bonchev–Trinajstić information content (AvgIpc) is 2.33. The van der Waals surface area contributed by atoms with Crippen LogP contribution >= 0.6 is 0 Å². The maximum atomic E-state index is 8.57. The van der Waals surface area contributed by atoms with Crippen molar-refractivity contribution in [1.29, 1.82) is 5.26 Å². The summed E-state index contributed by atoms with van der Waals surface area (Å²) in [5, 5.41) is 12.4. The zero-order valence-electron chi connectivity index (χ0n) is 6.16. The molecule has 0 radical (unpaired) electrons. The Balaban J connectivity index is 2.67. The second-order valence-electron chi connectivity index (χ2n) is 2.65. The first-order valence-electron chi connectivity index (χ1n) is 3.35. The van der Waals surface area contributed by atoms with Gasteiger partial charge in [-0.15, -0.1) is 0 Å². The Morgan fingerprint density at radius 2 is 2.50 bits per heavy atom. The number of nitriles is 1. The summed E-state index contributed by atoms with van der Waals surface area (Å²) in [6.07, 6.45) is 0. The van der Waals surface area contributed by atoms with Crippen molar-refractivity contribution in [2.24, 2.45) is 17.0 Å². The lowest BCUT2D eigenvalue weighted by atomic mass is 9.97. The van der Waals surface area contributed by atoms with Crippen LogP contribution in [0.15, 0.2) is 5.16 Å². The molecule has 3 nitrogen and oxygen atoms in total. The molecule has 0 amide bonds. The van der Waals surface area contributed by atoms with Crippen molar-refractivity contribution in [3.05, 3.63) is 0 Å². The third kappa shape index (κ3) is 1.10. The molecule has 3 heteroatoms. The van der Waals surface area contributed by atoms with Crippen molar-refractivity contribution >= 4 is 5.71 Å². The normalized spacial score (nSPS) is 23.8. The van der Waals surface area contributed by atoms with Crippen LogP contribution in [0.1, 0.15) is 13.8 Å². The van der Waals surface area contributed by atoms with Crippen molar-refractivity contribution < 1.29 is 4.84 Å². The van der Waals surface area contributed by atoms with Crippen LogP contribution in [0.5, 0.6) is 0 Å². The van der Waals surface area contributed by atoms with Gasteiger partial charge in [0.05, 0.1) is 11.8 Å². The van der Waals surface area contributed by atoms with Crippen LogP contribution in [0.3, 0.4) is 0 Å². The molecule has 0 saturated heterocycles. The molecule has 0 N–H and O–H groups in total. The van der Waals surface area contributed by atoms with E-state index in [1.165, 1.54) is 0 Å². The van der Waals surface area contributed by atoms with Gasteiger partial charge in [-0.25, -0.2) is 0 Å². The SMILES string of the molecule is CC(C)C1=NOCC1C#N. The van der Waals surface area contributed by atoms with Crippen LogP contribution in [0, 0.1) is 23.2 Å². The third-order valence-electron chi connectivity index (χ3n) is 1.52. The fourth-order valence-corrected chi connectivity index (χ4v) is 0.947. The quantitative estimate of drug-likeness (QED) is 0.546. The molecule has 0 aromatic carbocycles. The van der Waals surface area contributed by atoms with E-state index >= 15 is 0 Å². The van der Waals surface area contributed by atoms with Crippen LogP contribution < -0.4 is 0 Å². The van der Waals surface area contributed by atoms with Gasteiger partial charge < -0.3 is 4.84 Å². The van der Waals surface area contributed by atoms with Crippen molar-refractivity contribution in [2.45, 2.75) is 13.8 Å². The summed E-state index contributed by atoms with van der Waals surface area (Å²) >= 11 is 0. The number of hydrogen-bond acceptors (Lipinski definition) is 3. The molecule has 0 fully saturated rings. The minimum Gasteiger partial charge on any atom is -0.394 e. The van der Waals surface area contributed by atoms with Gasteiger partial charge >= 0.3 is 0 Å². The smallest absolute Gasteiger partial charge is 0.138 e. The third-order valence-corrected chi connectivity index (χ3v) is 1.52. The highest BCUT2D eigenvalue weighted by Crippen LogP contribution is 2.15. The Morgan fingerprint density at radius 1 is 1.80 bits per heavy atom. The van der Waals surface area contributed by atoms with E-state index < -0.39 is 0 Å². The van der Waals surface area contributed by atoms with Gasteiger partial charge in [-0.05, 0) is 5.92 Å². The first-order chi connectivity index (χ1) is 4.75. The molecule has 1 heterocycles. The Hall–Kier alpha value is -1.04. The van der Waals surface area contributed by atoms with E-state index in [9.17, 15) is 0 Å². The molecule has 10 heavy (non-hydrogen) atoms. The summed E-state index contributed by atoms with van der Waals surface area (Å²) in [5.41, 5.74) is 0.877. The second-order valence-corrected chi connectivity index (χ2v) is 2.65. The van der Waals surface area contributed by atoms with E-state index in [-0.39, 0.29) is 5.92 Å². The second kappa shape index (κ2) is 2.70. The fourth-order valence-electron chi connectivity index (χ4n) is 0.947. The molecular formula is C7H10N2O. The fraction of sp³-hybridized carbons (Fsp3) is 0.714. The highest BCUT2D eigenvalue weighted by Gasteiger charge is 2.24. The topological polar surface area (TPSA) is 45.4 Å². The number of nitrogens with zero attached hydrogens (tertiary/aromatic N) is 2. The van der Waals surface area contributed by atoms with Gasteiger partial charge in [0.2, 0.25) is 0 Å². The van der Waals surface area contributed by atoms with E-state index in [0.717, 1.165) is 5.71 Å². The van der Waals surface area contributed by atoms with Crippen LogP contribution in [-0.4, -0.2) is 12.3 Å². The molecule has 1 atom stereocenters. The Kier molecular flexibility index (Phi) is 1.91. The van der Waals surface area contributed by atoms with Crippen LogP contribution in [0.4, 0.5) is 0 Å². The standard InChI is InChI=1S/C7H10N2O/c1-5(2)7-6(3-8)4-10-9-7/h5-6H,4H2,1-2H3. The first kappa shape index (κ1) is 7.07. The summed E-state index contributed by atoms with van der Waals surface area (Å²) in [6, 6.07) is 2.14. The van der Waals surface area contributed by atoms with Crippen LogP contribution in [0.25, 0.3) is 0 Å². The molecule has 0 saturated carbocycles. The summed E-state index contributed by atoms with van der Waals surface area (Å²) in [6.45, 7) is 4.46.